The summed E-state index contributed by atoms with van der Waals surface area (Å²) >= 11 is 0. The highest BCUT2D eigenvalue weighted by atomic mass is 16.6. The van der Waals surface area contributed by atoms with Gasteiger partial charge in [0.1, 0.15) is 5.69 Å². The van der Waals surface area contributed by atoms with Crippen LogP contribution in [-0.2, 0) is 9.59 Å². The van der Waals surface area contributed by atoms with Crippen molar-refractivity contribution in [1.29, 1.82) is 0 Å². The van der Waals surface area contributed by atoms with Crippen LogP contribution in [0.15, 0.2) is 54.6 Å². The fourth-order valence-electron chi connectivity index (χ4n) is 3.50. The van der Waals surface area contributed by atoms with Crippen molar-refractivity contribution in [3.63, 3.8) is 0 Å². The lowest BCUT2D eigenvalue weighted by Crippen LogP contribution is -2.36. The first-order valence-corrected chi connectivity index (χ1v) is 9.56. The van der Waals surface area contributed by atoms with E-state index >= 15 is 0 Å². The van der Waals surface area contributed by atoms with Gasteiger partial charge in [-0.2, -0.15) is 0 Å². The summed E-state index contributed by atoms with van der Waals surface area (Å²) < 4.78 is 0. The van der Waals surface area contributed by atoms with Crippen molar-refractivity contribution >= 4 is 23.2 Å². The van der Waals surface area contributed by atoms with Crippen molar-refractivity contribution in [2.45, 2.75) is 19.4 Å². The number of nitro groups is 1. The highest BCUT2D eigenvalue weighted by Gasteiger charge is 2.36. The normalized spacial score (nSPS) is 17.1. The molecule has 152 valence electrons. The van der Waals surface area contributed by atoms with Crippen LogP contribution in [0.25, 0.3) is 0 Å². The molecule has 2 N–H and O–H groups in total. The van der Waals surface area contributed by atoms with Gasteiger partial charge in [0.15, 0.2) is 0 Å². The first-order valence-electron chi connectivity index (χ1n) is 9.56. The Kier molecular flexibility index (Phi) is 6.43. The lowest BCUT2D eigenvalue weighted by Gasteiger charge is -2.25. The van der Waals surface area contributed by atoms with Crippen LogP contribution >= 0.6 is 0 Å². The summed E-state index contributed by atoms with van der Waals surface area (Å²) in [6.07, 6.45) is 0.195. The number of amides is 2. The molecule has 2 aromatic carbocycles. The molecule has 0 aliphatic carbocycles. The Morgan fingerprint density at radius 3 is 2.59 bits per heavy atom. The number of hydrogen-bond acceptors (Lipinski definition) is 5. The summed E-state index contributed by atoms with van der Waals surface area (Å²) in [6.45, 7) is 3.01. The maximum absolute atomic E-state index is 12.5. The largest absolute Gasteiger partial charge is 0.378 e. The summed E-state index contributed by atoms with van der Waals surface area (Å²) in [5.74, 6) is -0.593. The predicted molar refractivity (Wildman–Crippen MR) is 109 cm³/mol. The number of nitrogens with one attached hydrogen (secondary N) is 2. The molecule has 2 amide bonds. The summed E-state index contributed by atoms with van der Waals surface area (Å²) in [4.78, 5) is 37.2. The Labute approximate surface area is 169 Å². The molecule has 29 heavy (non-hydrogen) atoms. The standard InChI is InChI=1S/C21H24N4O4/c1-15(16-7-3-2-4-8-16)24-14-17(13-20(24)26)21(27)23-12-11-22-18-9-5-6-10-19(18)25(28)29/h2-10,15,17,22H,11-14H2,1H3,(H,23,27)/t15-,17+/m1/s1. The molecule has 1 fully saturated rings. The number of carbonyl (C=O) groups is 2. The molecule has 1 aliphatic rings. The van der Waals surface area contributed by atoms with Crippen molar-refractivity contribution < 1.29 is 14.5 Å². The molecule has 0 unspecified atom stereocenters. The van der Waals surface area contributed by atoms with Gasteiger partial charge < -0.3 is 15.5 Å². The van der Waals surface area contributed by atoms with Gasteiger partial charge in [0.25, 0.3) is 5.69 Å². The fourth-order valence-corrected chi connectivity index (χ4v) is 3.50. The molecular weight excluding hydrogens is 372 g/mol. The van der Waals surface area contributed by atoms with Crippen LogP contribution in [0.5, 0.6) is 0 Å². The van der Waals surface area contributed by atoms with E-state index in [0.29, 0.717) is 25.3 Å². The zero-order valence-corrected chi connectivity index (χ0v) is 16.2. The van der Waals surface area contributed by atoms with Gasteiger partial charge in [-0.1, -0.05) is 42.5 Å². The molecule has 0 saturated carbocycles. The lowest BCUT2D eigenvalue weighted by atomic mass is 10.1. The Morgan fingerprint density at radius 2 is 1.86 bits per heavy atom. The SMILES string of the molecule is C[C@H](c1ccccc1)N1C[C@@H](C(=O)NCCNc2ccccc2[N+](=O)[O-])CC1=O. The second-order valence-electron chi connectivity index (χ2n) is 7.03. The van der Waals surface area contributed by atoms with Gasteiger partial charge in [-0.25, -0.2) is 0 Å². The molecule has 0 aromatic heterocycles. The topological polar surface area (TPSA) is 105 Å². The van der Waals surface area contributed by atoms with Crippen LogP contribution < -0.4 is 10.6 Å². The number of nitro benzene ring substituents is 1. The first-order chi connectivity index (χ1) is 14.0. The Hall–Kier alpha value is -3.42. The highest BCUT2D eigenvalue weighted by molar-refractivity contribution is 5.89. The smallest absolute Gasteiger partial charge is 0.292 e. The Morgan fingerprint density at radius 1 is 1.17 bits per heavy atom. The van der Waals surface area contributed by atoms with E-state index in [1.807, 2.05) is 37.3 Å². The average Bonchev–Trinajstić information content (AvgIpc) is 3.13. The number of anilines is 1. The zero-order chi connectivity index (χ0) is 20.8. The minimum atomic E-state index is -0.451. The van der Waals surface area contributed by atoms with E-state index in [0.717, 1.165) is 5.56 Å². The Bertz CT molecular complexity index is 887. The van der Waals surface area contributed by atoms with E-state index in [4.69, 9.17) is 0 Å². The summed E-state index contributed by atoms with van der Waals surface area (Å²) in [5, 5.41) is 16.8. The van der Waals surface area contributed by atoms with Gasteiger partial charge in [-0.3, -0.25) is 19.7 Å². The molecule has 1 heterocycles. The third-order valence-electron chi connectivity index (χ3n) is 5.12. The van der Waals surface area contributed by atoms with E-state index in [1.165, 1.54) is 6.07 Å². The van der Waals surface area contributed by atoms with Gasteiger partial charge in [-0.05, 0) is 18.6 Å². The van der Waals surface area contributed by atoms with Gasteiger partial charge in [-0.15, -0.1) is 0 Å². The van der Waals surface area contributed by atoms with Crippen molar-refractivity contribution in [3.05, 3.63) is 70.3 Å². The number of nitrogens with zero attached hydrogens (tertiary/aromatic N) is 2. The van der Waals surface area contributed by atoms with Crippen LogP contribution in [-0.4, -0.2) is 41.3 Å². The van der Waals surface area contributed by atoms with Crippen molar-refractivity contribution in [1.82, 2.24) is 10.2 Å². The molecule has 2 atom stereocenters. The average molecular weight is 396 g/mol. The number of benzene rings is 2. The zero-order valence-electron chi connectivity index (χ0n) is 16.2. The van der Waals surface area contributed by atoms with E-state index in [1.54, 1.807) is 23.1 Å². The van der Waals surface area contributed by atoms with E-state index in [-0.39, 0.29) is 35.9 Å². The van der Waals surface area contributed by atoms with Crippen LogP contribution in [0.1, 0.15) is 24.9 Å². The number of hydrogen-bond donors (Lipinski definition) is 2. The molecule has 0 spiro atoms. The third-order valence-corrected chi connectivity index (χ3v) is 5.12. The molecular formula is C21H24N4O4. The van der Waals surface area contributed by atoms with Crippen molar-refractivity contribution in [3.8, 4) is 0 Å². The number of rotatable bonds is 8. The van der Waals surface area contributed by atoms with E-state index < -0.39 is 4.92 Å². The van der Waals surface area contributed by atoms with Crippen molar-refractivity contribution in [2.75, 3.05) is 25.0 Å². The number of para-hydroxylation sites is 2. The van der Waals surface area contributed by atoms with Gasteiger partial charge >= 0.3 is 0 Å². The molecule has 0 radical (unpaired) electrons. The van der Waals surface area contributed by atoms with Crippen LogP contribution in [0.2, 0.25) is 0 Å². The maximum Gasteiger partial charge on any atom is 0.292 e. The van der Waals surface area contributed by atoms with Crippen LogP contribution in [0.3, 0.4) is 0 Å². The second-order valence-corrected chi connectivity index (χ2v) is 7.03. The molecule has 0 bridgehead atoms. The summed E-state index contributed by atoms with van der Waals surface area (Å²) in [6, 6.07) is 16.0. The minimum Gasteiger partial charge on any atom is -0.378 e. The van der Waals surface area contributed by atoms with Crippen LogP contribution in [0, 0.1) is 16.0 Å². The molecule has 3 rings (SSSR count). The number of likely N-dealkylation sites (tertiary alicyclic amines) is 1. The molecule has 8 heteroatoms. The second kappa shape index (κ2) is 9.18. The maximum atomic E-state index is 12.5. The third kappa shape index (κ3) is 4.90. The van der Waals surface area contributed by atoms with E-state index in [2.05, 4.69) is 10.6 Å². The summed E-state index contributed by atoms with van der Waals surface area (Å²) in [5.41, 5.74) is 1.44. The minimum absolute atomic E-state index is 0.00856. The summed E-state index contributed by atoms with van der Waals surface area (Å²) in [7, 11) is 0. The lowest BCUT2D eigenvalue weighted by molar-refractivity contribution is -0.384. The molecule has 1 saturated heterocycles. The highest BCUT2D eigenvalue weighted by Crippen LogP contribution is 2.28. The fraction of sp³-hybridized carbons (Fsp3) is 0.333. The van der Waals surface area contributed by atoms with Gasteiger partial charge in [0.05, 0.1) is 16.9 Å². The quantitative estimate of drug-likeness (QED) is 0.406. The Balaban J connectivity index is 1.48. The molecule has 1 aliphatic heterocycles. The van der Waals surface area contributed by atoms with E-state index in [9.17, 15) is 19.7 Å². The van der Waals surface area contributed by atoms with Crippen LogP contribution in [0.4, 0.5) is 11.4 Å². The van der Waals surface area contributed by atoms with Gasteiger partial charge in [0.2, 0.25) is 11.8 Å². The molecule has 8 nitrogen and oxygen atoms in total. The molecule has 2 aromatic rings. The van der Waals surface area contributed by atoms with Gasteiger partial charge in [0, 0.05) is 32.1 Å². The predicted octanol–water partition coefficient (Wildman–Crippen LogP) is 2.73. The first kappa shape index (κ1) is 20.3. The van der Waals surface area contributed by atoms with Crippen molar-refractivity contribution in [2.24, 2.45) is 5.92 Å². The number of carbonyl (C=O) groups excluding carboxylic acids is 2. The monoisotopic (exact) mass is 396 g/mol.